The van der Waals surface area contributed by atoms with Crippen LogP contribution in [-0.4, -0.2) is 63.9 Å². The van der Waals surface area contributed by atoms with Gasteiger partial charge in [0, 0.05) is 37.9 Å². The Morgan fingerprint density at radius 1 is 1.17 bits per heavy atom. The number of anilines is 1. The lowest BCUT2D eigenvalue weighted by Crippen LogP contribution is -2.50. The van der Waals surface area contributed by atoms with Gasteiger partial charge < -0.3 is 10.2 Å². The van der Waals surface area contributed by atoms with E-state index in [1.807, 2.05) is 12.1 Å². The number of benzene rings is 1. The lowest BCUT2D eigenvalue weighted by Gasteiger charge is -2.39. The lowest BCUT2D eigenvalue weighted by molar-refractivity contribution is 0.231. The number of hydrogen-bond acceptors (Lipinski definition) is 5. The summed E-state index contributed by atoms with van der Waals surface area (Å²) < 4.78 is 25.5. The number of hydrogen-bond donors (Lipinski definition) is 1. The van der Waals surface area contributed by atoms with Crippen molar-refractivity contribution in [1.29, 1.82) is 0 Å². The Labute approximate surface area is 148 Å². The summed E-state index contributed by atoms with van der Waals surface area (Å²) in [4.78, 5) is 5.18. The van der Waals surface area contributed by atoms with E-state index in [4.69, 9.17) is 11.6 Å². The van der Waals surface area contributed by atoms with Crippen LogP contribution in [0.1, 0.15) is 19.3 Å². The third kappa shape index (κ3) is 2.94. The first-order valence-electron chi connectivity index (χ1n) is 8.79. The summed E-state index contributed by atoms with van der Waals surface area (Å²) in [6, 6.07) is 6.09. The van der Waals surface area contributed by atoms with Crippen molar-refractivity contribution in [2.24, 2.45) is 0 Å². The molecule has 3 aliphatic rings. The monoisotopic (exact) mass is 369 g/mol. The second-order valence-corrected chi connectivity index (χ2v) is 9.66. The van der Waals surface area contributed by atoms with E-state index in [2.05, 4.69) is 15.1 Å². The van der Waals surface area contributed by atoms with Crippen molar-refractivity contribution in [3.05, 3.63) is 23.2 Å². The van der Waals surface area contributed by atoms with Crippen LogP contribution in [0.3, 0.4) is 0 Å². The van der Waals surface area contributed by atoms with Gasteiger partial charge in [-0.2, -0.15) is 0 Å². The molecule has 0 amide bonds. The van der Waals surface area contributed by atoms with Gasteiger partial charge in [0.15, 0.2) is 9.84 Å². The van der Waals surface area contributed by atoms with Crippen molar-refractivity contribution < 1.29 is 8.42 Å². The van der Waals surface area contributed by atoms with E-state index in [1.54, 1.807) is 6.07 Å². The Bertz CT molecular complexity index is 719. The topological polar surface area (TPSA) is 52.7 Å². The molecule has 3 heterocycles. The first-order chi connectivity index (χ1) is 11.6. The Morgan fingerprint density at radius 3 is 2.79 bits per heavy atom. The molecule has 0 aliphatic carbocycles. The van der Waals surface area contributed by atoms with Gasteiger partial charge in [0.25, 0.3) is 0 Å². The first kappa shape index (κ1) is 16.6. The zero-order valence-electron chi connectivity index (χ0n) is 13.7. The molecule has 5 nitrogen and oxygen atoms in total. The summed E-state index contributed by atoms with van der Waals surface area (Å²) in [6.45, 7) is 5.55. The molecule has 3 fully saturated rings. The molecule has 24 heavy (non-hydrogen) atoms. The molecule has 0 aromatic heterocycles. The van der Waals surface area contributed by atoms with Gasteiger partial charge in [0.05, 0.1) is 15.2 Å². The van der Waals surface area contributed by atoms with Crippen molar-refractivity contribution >= 4 is 27.1 Å². The predicted octanol–water partition coefficient (Wildman–Crippen LogP) is 1.76. The van der Waals surface area contributed by atoms with Crippen LogP contribution >= 0.6 is 11.6 Å². The zero-order valence-corrected chi connectivity index (χ0v) is 15.3. The highest BCUT2D eigenvalue weighted by molar-refractivity contribution is 7.92. The summed E-state index contributed by atoms with van der Waals surface area (Å²) in [5.41, 5.74) is 1.04. The van der Waals surface area contributed by atoms with Crippen LogP contribution in [0.25, 0.3) is 0 Å². The molecule has 1 aromatic rings. The normalized spacial score (nSPS) is 28.3. The van der Waals surface area contributed by atoms with Crippen molar-refractivity contribution in [3.8, 4) is 0 Å². The number of halogens is 1. The van der Waals surface area contributed by atoms with Gasteiger partial charge in [0.1, 0.15) is 0 Å². The number of fused-ring (bicyclic) bond motifs is 1. The SMILES string of the molecule is O=S(=O)(c1ccc(N2CCN3CCCC3C2)cc1Cl)C1CCNC1. The third-order valence-corrected chi connectivity index (χ3v) is 8.30. The summed E-state index contributed by atoms with van der Waals surface area (Å²) in [7, 11) is -3.35. The van der Waals surface area contributed by atoms with Crippen molar-refractivity contribution in [3.63, 3.8) is 0 Å². The quantitative estimate of drug-likeness (QED) is 0.879. The molecule has 0 bridgehead atoms. The maximum atomic E-state index is 12.7. The second-order valence-electron chi connectivity index (χ2n) is 7.05. The van der Waals surface area contributed by atoms with Gasteiger partial charge in [-0.1, -0.05) is 11.6 Å². The molecule has 2 unspecified atom stereocenters. The summed E-state index contributed by atoms with van der Waals surface area (Å²) >= 11 is 6.39. The Balaban J connectivity index is 1.56. The van der Waals surface area contributed by atoms with Crippen LogP contribution in [0.4, 0.5) is 5.69 Å². The minimum Gasteiger partial charge on any atom is -0.369 e. The van der Waals surface area contributed by atoms with E-state index in [1.165, 1.54) is 19.4 Å². The van der Waals surface area contributed by atoms with Gasteiger partial charge in [0.2, 0.25) is 0 Å². The van der Waals surface area contributed by atoms with Gasteiger partial charge in [-0.3, -0.25) is 4.90 Å². The van der Waals surface area contributed by atoms with Crippen LogP contribution in [-0.2, 0) is 9.84 Å². The molecular formula is C17H24ClN3O2S. The fourth-order valence-electron chi connectivity index (χ4n) is 4.22. The van der Waals surface area contributed by atoms with E-state index in [-0.39, 0.29) is 10.1 Å². The number of nitrogens with one attached hydrogen (secondary N) is 1. The van der Waals surface area contributed by atoms with Crippen molar-refractivity contribution in [1.82, 2.24) is 10.2 Å². The fraction of sp³-hybridized carbons (Fsp3) is 0.647. The highest BCUT2D eigenvalue weighted by Gasteiger charge is 2.33. The van der Waals surface area contributed by atoms with E-state index in [0.717, 1.165) is 31.9 Å². The Hall–Kier alpha value is -0.820. The van der Waals surface area contributed by atoms with Crippen LogP contribution < -0.4 is 10.2 Å². The maximum absolute atomic E-state index is 12.7. The van der Waals surface area contributed by atoms with Gasteiger partial charge >= 0.3 is 0 Å². The van der Waals surface area contributed by atoms with Gasteiger partial charge in [-0.15, -0.1) is 0 Å². The lowest BCUT2D eigenvalue weighted by atomic mass is 10.1. The standard InChI is InChI=1S/C17H24ClN3O2S/c18-16-10-13(21-9-8-20-7-1-2-14(20)12-21)3-4-17(16)24(22,23)15-5-6-19-11-15/h3-4,10,14-15,19H,1-2,5-9,11-12H2. The highest BCUT2D eigenvalue weighted by atomic mass is 35.5. The van der Waals surface area contributed by atoms with Crippen LogP contribution in [0.15, 0.2) is 23.1 Å². The third-order valence-electron chi connectivity index (χ3n) is 5.63. The largest absolute Gasteiger partial charge is 0.369 e. The number of sulfone groups is 1. The zero-order chi connectivity index (χ0) is 16.7. The Morgan fingerprint density at radius 2 is 2.04 bits per heavy atom. The molecular weight excluding hydrogens is 346 g/mol. The summed E-state index contributed by atoms with van der Waals surface area (Å²) in [5.74, 6) is 0. The minimum atomic E-state index is -3.35. The van der Waals surface area contributed by atoms with Crippen LogP contribution in [0.2, 0.25) is 5.02 Å². The number of piperazine rings is 1. The van der Waals surface area contributed by atoms with E-state index in [9.17, 15) is 8.42 Å². The Kier molecular flexibility index (Phi) is 4.49. The van der Waals surface area contributed by atoms with Crippen LogP contribution in [0, 0.1) is 0 Å². The molecule has 1 aromatic carbocycles. The smallest absolute Gasteiger partial charge is 0.183 e. The first-order valence-corrected chi connectivity index (χ1v) is 10.7. The average Bonchev–Trinajstić information content (AvgIpc) is 3.25. The number of rotatable bonds is 3. The van der Waals surface area contributed by atoms with Crippen LogP contribution in [0.5, 0.6) is 0 Å². The van der Waals surface area contributed by atoms with E-state index in [0.29, 0.717) is 24.0 Å². The summed E-state index contributed by atoms with van der Waals surface area (Å²) in [5, 5.41) is 3.11. The molecule has 1 N–H and O–H groups in total. The average molecular weight is 370 g/mol. The van der Waals surface area contributed by atoms with Crippen molar-refractivity contribution in [2.75, 3.05) is 44.2 Å². The molecule has 4 rings (SSSR count). The molecule has 7 heteroatoms. The maximum Gasteiger partial charge on any atom is 0.183 e. The highest BCUT2D eigenvalue weighted by Crippen LogP contribution is 2.32. The molecule has 2 atom stereocenters. The molecule has 3 aliphatic heterocycles. The van der Waals surface area contributed by atoms with E-state index >= 15 is 0 Å². The molecule has 132 valence electrons. The summed E-state index contributed by atoms with van der Waals surface area (Å²) in [6.07, 6.45) is 3.20. The fourth-order valence-corrected chi connectivity index (χ4v) is 6.43. The molecule has 3 saturated heterocycles. The predicted molar refractivity (Wildman–Crippen MR) is 96.7 cm³/mol. The molecule has 0 radical (unpaired) electrons. The molecule has 0 saturated carbocycles. The van der Waals surface area contributed by atoms with E-state index < -0.39 is 9.84 Å². The van der Waals surface area contributed by atoms with Gasteiger partial charge in [-0.25, -0.2) is 8.42 Å². The minimum absolute atomic E-state index is 0.279. The van der Waals surface area contributed by atoms with Crippen molar-refractivity contribution in [2.45, 2.75) is 35.4 Å². The molecule has 0 spiro atoms. The second kappa shape index (κ2) is 6.48. The number of nitrogens with zero attached hydrogens (tertiary/aromatic N) is 2. The van der Waals surface area contributed by atoms with Gasteiger partial charge in [-0.05, 0) is 50.6 Å².